The summed E-state index contributed by atoms with van der Waals surface area (Å²) in [6.45, 7) is 13.0. The predicted octanol–water partition coefficient (Wildman–Crippen LogP) is 11.3. The van der Waals surface area contributed by atoms with E-state index in [9.17, 15) is 10.4 Å². The van der Waals surface area contributed by atoms with E-state index < -0.39 is 0 Å². The third kappa shape index (κ3) is 6.06. The summed E-state index contributed by atoms with van der Waals surface area (Å²) in [5, 5.41) is 22.2. The predicted molar refractivity (Wildman–Crippen MR) is 204 cm³/mol. The zero-order valence-corrected chi connectivity index (χ0v) is 29.4. The number of benzene rings is 5. The van der Waals surface area contributed by atoms with Crippen LogP contribution in [-0.4, -0.2) is 19.6 Å². The Morgan fingerprint density at radius 3 is 2.06 bits per heavy atom. The van der Waals surface area contributed by atoms with Gasteiger partial charge in [0.25, 0.3) is 0 Å². The molecule has 1 N–H and O–H groups in total. The lowest BCUT2D eigenvalue weighted by molar-refractivity contribution is 0.446. The highest BCUT2D eigenvalue weighted by Gasteiger charge is 2.28. The van der Waals surface area contributed by atoms with Crippen LogP contribution in [-0.2, 0) is 10.8 Å². The van der Waals surface area contributed by atoms with E-state index in [1.807, 2.05) is 54.6 Å². The van der Waals surface area contributed by atoms with E-state index in [2.05, 4.69) is 124 Å². The second-order valence-corrected chi connectivity index (χ2v) is 14.9. The Bertz CT molecular complexity index is 2400. The molecule has 0 radical (unpaired) electrons. The molecule has 5 heteroatoms. The van der Waals surface area contributed by atoms with Crippen molar-refractivity contribution in [2.24, 2.45) is 0 Å². The first-order valence-corrected chi connectivity index (χ1v) is 16.9. The molecule has 0 aliphatic heterocycles. The number of rotatable bonds is 5. The molecule has 5 nitrogen and oxygen atoms in total. The molecule has 7 aromatic rings. The Hall–Kier alpha value is -5.99. The third-order valence-electron chi connectivity index (χ3n) is 9.26. The van der Waals surface area contributed by atoms with Crippen molar-refractivity contribution in [1.82, 2.24) is 14.5 Å². The molecule has 0 unspecified atom stereocenters. The van der Waals surface area contributed by atoms with Gasteiger partial charge in [-0.2, -0.15) is 5.26 Å². The van der Waals surface area contributed by atoms with E-state index in [-0.39, 0.29) is 16.6 Å². The Morgan fingerprint density at radius 1 is 0.640 bits per heavy atom. The number of para-hydroxylation sites is 1. The number of imidazole rings is 1. The van der Waals surface area contributed by atoms with Crippen molar-refractivity contribution >= 4 is 11.0 Å². The molecule has 0 fully saturated rings. The smallest absolute Gasteiger partial charge is 0.149 e. The molecule has 0 amide bonds. The monoisotopic (exact) mass is 652 g/mol. The topological polar surface area (TPSA) is 74.7 Å². The maximum atomic E-state index is 12.1. The van der Waals surface area contributed by atoms with Gasteiger partial charge in [0.15, 0.2) is 0 Å². The molecule has 7 rings (SSSR count). The molecule has 246 valence electrons. The number of nitriles is 1. The number of aromatic nitrogens is 3. The fraction of sp³-hybridized carbons (Fsp3) is 0.178. The minimum absolute atomic E-state index is 0.169. The summed E-state index contributed by atoms with van der Waals surface area (Å²) in [5.74, 6) is 0.875. The molecule has 0 saturated carbocycles. The number of aromatic hydroxyl groups is 1. The van der Waals surface area contributed by atoms with Crippen molar-refractivity contribution in [2.45, 2.75) is 52.4 Å². The first-order valence-electron chi connectivity index (χ1n) is 16.9. The van der Waals surface area contributed by atoms with Crippen LogP contribution in [0.5, 0.6) is 5.75 Å². The van der Waals surface area contributed by atoms with E-state index in [0.29, 0.717) is 17.0 Å². The van der Waals surface area contributed by atoms with Crippen molar-refractivity contribution in [2.75, 3.05) is 0 Å². The summed E-state index contributed by atoms with van der Waals surface area (Å²) in [4.78, 5) is 9.97. The molecular weight excluding hydrogens is 613 g/mol. The highest BCUT2D eigenvalue weighted by molar-refractivity contribution is 5.97. The normalized spacial score (nSPS) is 11.9. The zero-order chi connectivity index (χ0) is 35.2. The van der Waals surface area contributed by atoms with Gasteiger partial charge in [-0.05, 0) is 87.7 Å². The summed E-state index contributed by atoms with van der Waals surface area (Å²) in [6, 6.07) is 43.2. The lowest BCUT2D eigenvalue weighted by Gasteiger charge is -2.27. The first-order chi connectivity index (χ1) is 23.9. The Labute approximate surface area is 294 Å². The van der Waals surface area contributed by atoms with Crippen molar-refractivity contribution in [3.63, 3.8) is 0 Å². The van der Waals surface area contributed by atoms with Crippen molar-refractivity contribution in [3.8, 4) is 62.4 Å². The molecule has 50 heavy (non-hydrogen) atoms. The second-order valence-electron chi connectivity index (χ2n) is 14.9. The molecule has 0 atom stereocenters. The summed E-state index contributed by atoms with van der Waals surface area (Å²) in [6.07, 6.45) is 1.76. The standard InChI is InChI=1S/C45H40N4O/c1-44(2,3)34-26-37(42(50)38(27-34)45(4,5)6)43-48-41-36(32-22-29(28-46)23-33(24-32)39-19-10-11-21-47-39)18-13-20-40(41)49(43)35-17-12-16-31(25-35)30-14-8-7-9-15-30/h7-27,50H,1-6H3. The van der Waals surface area contributed by atoms with Crippen molar-refractivity contribution < 1.29 is 5.11 Å². The third-order valence-corrected chi connectivity index (χ3v) is 9.26. The van der Waals surface area contributed by atoms with Gasteiger partial charge in [0, 0.05) is 28.6 Å². The van der Waals surface area contributed by atoms with Gasteiger partial charge in [0.05, 0.1) is 33.9 Å². The SMILES string of the molecule is CC(C)(C)c1cc(-c2nc3c(-c4cc(C#N)cc(-c5ccccn5)c4)cccc3n2-c2cccc(-c3ccccc3)c2)c(O)c(C(C)(C)C)c1. The van der Waals surface area contributed by atoms with E-state index in [1.54, 1.807) is 6.20 Å². The Kier molecular flexibility index (Phi) is 8.12. The molecular formula is C45H40N4O. The summed E-state index contributed by atoms with van der Waals surface area (Å²) >= 11 is 0. The fourth-order valence-electron chi connectivity index (χ4n) is 6.57. The zero-order valence-electron chi connectivity index (χ0n) is 29.4. The number of hydrogen-bond donors (Lipinski definition) is 1. The van der Waals surface area contributed by atoms with E-state index in [1.165, 1.54) is 0 Å². The van der Waals surface area contributed by atoms with Crippen molar-refractivity contribution in [1.29, 1.82) is 5.26 Å². The summed E-state index contributed by atoms with van der Waals surface area (Å²) in [7, 11) is 0. The average molecular weight is 653 g/mol. The maximum Gasteiger partial charge on any atom is 0.149 e. The number of hydrogen-bond acceptors (Lipinski definition) is 4. The number of pyridine rings is 1. The highest BCUT2D eigenvalue weighted by Crippen LogP contribution is 2.44. The molecule has 0 spiro atoms. The van der Waals surface area contributed by atoms with Crippen LogP contribution < -0.4 is 0 Å². The molecule has 5 aromatic carbocycles. The van der Waals surface area contributed by atoms with Gasteiger partial charge in [-0.15, -0.1) is 0 Å². The summed E-state index contributed by atoms with van der Waals surface area (Å²) in [5.41, 5.74) is 10.9. The number of phenols is 1. The van der Waals surface area contributed by atoms with Crippen LogP contribution in [0.3, 0.4) is 0 Å². The van der Waals surface area contributed by atoms with Gasteiger partial charge in [0.1, 0.15) is 11.6 Å². The van der Waals surface area contributed by atoms with Crippen LogP contribution in [0.2, 0.25) is 0 Å². The molecule has 0 bridgehead atoms. The van der Waals surface area contributed by atoms with Gasteiger partial charge in [-0.3, -0.25) is 9.55 Å². The molecule has 2 heterocycles. The van der Waals surface area contributed by atoms with Crippen molar-refractivity contribution in [3.05, 3.63) is 144 Å². The lowest BCUT2D eigenvalue weighted by atomic mass is 9.79. The van der Waals surface area contributed by atoms with E-state index in [0.717, 1.165) is 61.4 Å². The largest absolute Gasteiger partial charge is 0.507 e. The highest BCUT2D eigenvalue weighted by atomic mass is 16.3. The Morgan fingerprint density at radius 2 is 1.36 bits per heavy atom. The lowest BCUT2D eigenvalue weighted by Crippen LogP contribution is -2.17. The van der Waals surface area contributed by atoms with Gasteiger partial charge < -0.3 is 5.11 Å². The van der Waals surface area contributed by atoms with Crippen LogP contribution in [0.25, 0.3) is 61.6 Å². The van der Waals surface area contributed by atoms with Crippen LogP contribution >= 0.6 is 0 Å². The van der Waals surface area contributed by atoms with Crippen LogP contribution in [0, 0.1) is 11.3 Å². The molecule has 0 aliphatic carbocycles. The molecule has 0 saturated heterocycles. The number of nitrogens with zero attached hydrogens (tertiary/aromatic N) is 4. The minimum Gasteiger partial charge on any atom is -0.507 e. The Balaban J connectivity index is 1.56. The van der Waals surface area contributed by atoms with E-state index in [4.69, 9.17) is 4.98 Å². The quantitative estimate of drug-likeness (QED) is 0.201. The van der Waals surface area contributed by atoms with Gasteiger partial charge in [-0.1, -0.05) is 108 Å². The van der Waals surface area contributed by atoms with Crippen LogP contribution in [0.4, 0.5) is 0 Å². The van der Waals surface area contributed by atoms with Gasteiger partial charge >= 0.3 is 0 Å². The fourth-order valence-corrected chi connectivity index (χ4v) is 6.57. The number of fused-ring (bicyclic) bond motifs is 1. The van der Waals surface area contributed by atoms with Crippen LogP contribution in [0.1, 0.15) is 58.2 Å². The average Bonchev–Trinajstić information content (AvgIpc) is 3.51. The minimum atomic E-state index is -0.311. The summed E-state index contributed by atoms with van der Waals surface area (Å²) < 4.78 is 2.16. The van der Waals surface area contributed by atoms with Gasteiger partial charge in [-0.25, -0.2) is 4.98 Å². The van der Waals surface area contributed by atoms with Gasteiger partial charge in [0.2, 0.25) is 0 Å². The first kappa shape index (κ1) is 32.6. The second kappa shape index (κ2) is 12.5. The van der Waals surface area contributed by atoms with Crippen LogP contribution in [0.15, 0.2) is 128 Å². The molecule has 2 aromatic heterocycles. The number of phenolic OH excluding ortho intramolecular Hbond substituents is 1. The maximum absolute atomic E-state index is 12.1. The molecule has 0 aliphatic rings. The van der Waals surface area contributed by atoms with E-state index >= 15 is 0 Å².